The van der Waals surface area contributed by atoms with Crippen molar-refractivity contribution in [2.75, 3.05) is 0 Å². The number of hydrogen-bond donors (Lipinski definition) is 1. The molecule has 1 N–H and O–H groups in total. The zero-order chi connectivity index (χ0) is 24.7. The van der Waals surface area contributed by atoms with Crippen molar-refractivity contribution in [3.05, 3.63) is 98.8 Å². The Labute approximate surface area is 210 Å². The number of halogens is 1. The van der Waals surface area contributed by atoms with Crippen LogP contribution in [-0.4, -0.2) is 19.2 Å². The molecule has 0 aliphatic heterocycles. The molecule has 0 radical (unpaired) electrons. The van der Waals surface area contributed by atoms with Crippen LogP contribution in [0, 0.1) is 23.7 Å². The van der Waals surface area contributed by atoms with Gasteiger partial charge in [-0.25, -0.2) is 4.98 Å². The number of rotatable bonds is 5. The van der Waals surface area contributed by atoms with Gasteiger partial charge in [-0.2, -0.15) is 0 Å². The van der Waals surface area contributed by atoms with Crippen LogP contribution in [-0.2, 0) is 19.2 Å². The van der Waals surface area contributed by atoms with Gasteiger partial charge < -0.3 is 14.2 Å². The highest BCUT2D eigenvalue weighted by molar-refractivity contribution is 6.30. The maximum atomic E-state index is 13.1. The van der Waals surface area contributed by atoms with E-state index in [1.54, 1.807) is 30.7 Å². The Balaban J connectivity index is 1.78. The van der Waals surface area contributed by atoms with Crippen molar-refractivity contribution in [3.8, 4) is 11.8 Å². The molecule has 178 valence electrons. The SMILES string of the molecule is CC(C)C#Cc1cc(=O)n(CC2CC2)c2ccc(C(O)(c3ccc(Cl)cc3)c3cncn3C)cc12. The molecule has 5 nitrogen and oxygen atoms in total. The summed E-state index contributed by atoms with van der Waals surface area (Å²) in [4.78, 5) is 17.3. The highest BCUT2D eigenvalue weighted by atomic mass is 35.5. The van der Waals surface area contributed by atoms with Crippen LogP contribution in [0.3, 0.4) is 0 Å². The van der Waals surface area contributed by atoms with Crippen LogP contribution in [0.1, 0.15) is 49.1 Å². The topological polar surface area (TPSA) is 60.1 Å². The van der Waals surface area contributed by atoms with E-state index in [-0.39, 0.29) is 11.5 Å². The summed E-state index contributed by atoms with van der Waals surface area (Å²) in [6, 6.07) is 14.6. The number of aryl methyl sites for hydroxylation is 1. The monoisotopic (exact) mass is 485 g/mol. The minimum absolute atomic E-state index is 0.0372. The number of pyridine rings is 1. The molecule has 5 rings (SSSR count). The summed E-state index contributed by atoms with van der Waals surface area (Å²) in [6.45, 7) is 4.75. The summed E-state index contributed by atoms with van der Waals surface area (Å²) in [5.74, 6) is 7.13. The third-order valence-electron chi connectivity index (χ3n) is 6.61. The molecule has 35 heavy (non-hydrogen) atoms. The number of fused-ring (bicyclic) bond motifs is 1. The average molecular weight is 486 g/mol. The van der Waals surface area contributed by atoms with Gasteiger partial charge in [0.15, 0.2) is 5.60 Å². The number of aromatic nitrogens is 3. The minimum Gasteiger partial charge on any atom is -0.374 e. The lowest BCUT2D eigenvalue weighted by Crippen LogP contribution is -2.31. The lowest BCUT2D eigenvalue weighted by Gasteiger charge is -2.30. The largest absolute Gasteiger partial charge is 0.374 e. The van der Waals surface area contributed by atoms with E-state index in [9.17, 15) is 9.90 Å². The van der Waals surface area contributed by atoms with Gasteiger partial charge in [-0.3, -0.25) is 4.79 Å². The van der Waals surface area contributed by atoms with Crippen molar-refractivity contribution in [1.82, 2.24) is 14.1 Å². The summed E-state index contributed by atoms with van der Waals surface area (Å²) in [5.41, 5.74) is 1.96. The highest BCUT2D eigenvalue weighted by Crippen LogP contribution is 2.39. The van der Waals surface area contributed by atoms with Crippen molar-refractivity contribution in [2.24, 2.45) is 18.9 Å². The van der Waals surface area contributed by atoms with Crippen LogP contribution < -0.4 is 5.56 Å². The lowest BCUT2D eigenvalue weighted by atomic mass is 9.82. The second-order valence-corrected chi connectivity index (χ2v) is 10.1. The molecule has 2 aromatic heterocycles. The van der Waals surface area contributed by atoms with Gasteiger partial charge in [0.05, 0.1) is 23.7 Å². The van der Waals surface area contributed by atoms with Crippen LogP contribution in [0.5, 0.6) is 0 Å². The third-order valence-corrected chi connectivity index (χ3v) is 6.86. The van der Waals surface area contributed by atoms with E-state index >= 15 is 0 Å². The van der Waals surface area contributed by atoms with Gasteiger partial charge in [0.2, 0.25) is 0 Å². The summed E-state index contributed by atoms with van der Waals surface area (Å²) < 4.78 is 3.66. The van der Waals surface area contributed by atoms with Gasteiger partial charge in [0.1, 0.15) is 0 Å². The first-order valence-electron chi connectivity index (χ1n) is 11.9. The number of nitrogens with zero attached hydrogens (tertiary/aromatic N) is 3. The quantitative estimate of drug-likeness (QED) is 0.400. The normalized spacial score (nSPS) is 15.1. The Kier molecular flexibility index (Phi) is 6.04. The highest BCUT2D eigenvalue weighted by Gasteiger charge is 2.37. The fraction of sp³-hybridized carbons (Fsp3) is 0.310. The van der Waals surface area contributed by atoms with E-state index in [1.165, 1.54) is 0 Å². The zero-order valence-electron chi connectivity index (χ0n) is 20.1. The Bertz CT molecular complexity index is 1520. The molecule has 0 amide bonds. The van der Waals surface area contributed by atoms with E-state index in [4.69, 9.17) is 11.6 Å². The molecule has 0 bridgehead atoms. The van der Waals surface area contributed by atoms with Gasteiger partial charge in [-0.05, 0) is 54.2 Å². The molecule has 4 aromatic rings. The molecule has 2 heterocycles. The van der Waals surface area contributed by atoms with E-state index in [1.807, 2.05) is 60.4 Å². The maximum Gasteiger partial charge on any atom is 0.252 e. The van der Waals surface area contributed by atoms with Crippen LogP contribution in [0.15, 0.2) is 65.8 Å². The summed E-state index contributed by atoms with van der Waals surface area (Å²) in [6.07, 6.45) is 5.64. The smallest absolute Gasteiger partial charge is 0.252 e. The Morgan fingerprint density at radius 3 is 2.49 bits per heavy atom. The molecule has 1 unspecified atom stereocenters. The van der Waals surface area contributed by atoms with Crippen molar-refractivity contribution in [2.45, 2.75) is 38.8 Å². The van der Waals surface area contributed by atoms with Gasteiger partial charge in [0.25, 0.3) is 5.56 Å². The molecule has 6 heteroatoms. The Morgan fingerprint density at radius 2 is 1.86 bits per heavy atom. The molecular formula is C29H28ClN3O2. The molecule has 1 atom stereocenters. The first kappa shape index (κ1) is 23.4. The van der Waals surface area contributed by atoms with Gasteiger partial charge in [0, 0.05) is 41.5 Å². The molecule has 1 fully saturated rings. The molecule has 1 saturated carbocycles. The van der Waals surface area contributed by atoms with Gasteiger partial charge in [-0.15, -0.1) is 0 Å². The number of imidazole rings is 1. The van der Waals surface area contributed by atoms with E-state index < -0.39 is 5.60 Å². The van der Waals surface area contributed by atoms with Crippen molar-refractivity contribution in [3.63, 3.8) is 0 Å². The molecule has 1 aliphatic carbocycles. The first-order valence-corrected chi connectivity index (χ1v) is 12.3. The molecule has 1 aliphatic rings. The van der Waals surface area contributed by atoms with E-state index in [0.29, 0.717) is 39.9 Å². The first-order chi connectivity index (χ1) is 16.8. The Hall–Kier alpha value is -3.33. The molecule has 2 aromatic carbocycles. The van der Waals surface area contributed by atoms with Crippen molar-refractivity contribution in [1.29, 1.82) is 0 Å². The maximum absolute atomic E-state index is 13.1. The molecule has 0 spiro atoms. The minimum atomic E-state index is -1.48. The van der Waals surface area contributed by atoms with Crippen LogP contribution >= 0.6 is 11.6 Å². The average Bonchev–Trinajstić information content (AvgIpc) is 3.56. The predicted octanol–water partition coefficient (Wildman–Crippen LogP) is 5.09. The molecular weight excluding hydrogens is 458 g/mol. The van der Waals surface area contributed by atoms with Crippen LogP contribution in [0.25, 0.3) is 10.9 Å². The standard InChI is InChI=1S/C29H28ClN3O2/c1-19(2)4-7-21-14-28(34)33(17-20-5-6-20)26-13-10-23(15-25(21)26)29(35,27-16-31-18-32(27)3)22-8-11-24(30)12-9-22/h8-16,18-20,35H,5-6,17H2,1-3H3. The predicted molar refractivity (Wildman–Crippen MR) is 139 cm³/mol. The van der Waals surface area contributed by atoms with E-state index in [2.05, 4.69) is 16.8 Å². The Morgan fingerprint density at radius 1 is 1.14 bits per heavy atom. The number of aliphatic hydroxyl groups is 1. The second kappa shape index (κ2) is 9.03. The summed E-state index contributed by atoms with van der Waals surface area (Å²) in [7, 11) is 1.86. The third kappa shape index (κ3) is 4.40. The van der Waals surface area contributed by atoms with Gasteiger partial charge in [-0.1, -0.05) is 55.5 Å². The number of hydrogen-bond acceptors (Lipinski definition) is 3. The fourth-order valence-electron chi connectivity index (χ4n) is 4.54. The van der Waals surface area contributed by atoms with Crippen LogP contribution in [0.2, 0.25) is 5.02 Å². The summed E-state index contributed by atoms with van der Waals surface area (Å²) in [5, 5.41) is 13.8. The lowest BCUT2D eigenvalue weighted by molar-refractivity contribution is 0.117. The molecule has 0 saturated heterocycles. The van der Waals surface area contributed by atoms with E-state index in [0.717, 1.165) is 23.7 Å². The van der Waals surface area contributed by atoms with Crippen LogP contribution in [0.4, 0.5) is 0 Å². The number of benzene rings is 2. The fourth-order valence-corrected chi connectivity index (χ4v) is 4.67. The van der Waals surface area contributed by atoms with Crippen molar-refractivity contribution >= 4 is 22.5 Å². The summed E-state index contributed by atoms with van der Waals surface area (Å²) >= 11 is 6.16. The van der Waals surface area contributed by atoms with Gasteiger partial charge >= 0.3 is 0 Å². The second-order valence-electron chi connectivity index (χ2n) is 9.71. The van der Waals surface area contributed by atoms with Crippen molar-refractivity contribution < 1.29 is 5.11 Å². The zero-order valence-corrected chi connectivity index (χ0v) is 20.9.